The van der Waals surface area contributed by atoms with Gasteiger partial charge in [-0.2, -0.15) is 0 Å². The number of hydrogen-bond acceptors (Lipinski definition) is 4. The first-order chi connectivity index (χ1) is 14.1. The average Bonchev–Trinajstić information content (AvgIpc) is 3.17. The van der Waals surface area contributed by atoms with Crippen LogP contribution in [0, 0.1) is 0 Å². The molecule has 152 valence electrons. The van der Waals surface area contributed by atoms with Crippen molar-refractivity contribution < 1.29 is 4.79 Å². The van der Waals surface area contributed by atoms with Crippen molar-refractivity contribution in [3.63, 3.8) is 0 Å². The molecule has 7 heteroatoms. The lowest BCUT2D eigenvalue weighted by Gasteiger charge is -2.34. The van der Waals surface area contributed by atoms with Gasteiger partial charge >= 0.3 is 0 Å². The van der Waals surface area contributed by atoms with E-state index in [0.29, 0.717) is 17.3 Å². The van der Waals surface area contributed by atoms with Crippen molar-refractivity contribution in [3.8, 4) is 0 Å². The Morgan fingerprint density at radius 2 is 2.00 bits per heavy atom. The van der Waals surface area contributed by atoms with Crippen LogP contribution >= 0.6 is 11.6 Å². The molecule has 3 heterocycles. The molecule has 0 atom stereocenters. The van der Waals surface area contributed by atoms with Crippen LogP contribution < -0.4 is 10.2 Å². The van der Waals surface area contributed by atoms with Gasteiger partial charge in [0.1, 0.15) is 11.3 Å². The van der Waals surface area contributed by atoms with Crippen molar-refractivity contribution in [1.82, 2.24) is 19.6 Å². The molecule has 0 spiro atoms. The molecule has 0 unspecified atom stereocenters. The number of piperazine rings is 1. The molecule has 6 nitrogen and oxygen atoms in total. The lowest BCUT2D eigenvalue weighted by molar-refractivity contribution is 0.0945. The Labute approximate surface area is 176 Å². The Morgan fingerprint density at radius 3 is 2.76 bits per heavy atom. The van der Waals surface area contributed by atoms with Gasteiger partial charge in [-0.25, -0.2) is 4.98 Å². The lowest BCUT2D eigenvalue weighted by Crippen LogP contribution is -2.44. The van der Waals surface area contributed by atoms with E-state index >= 15 is 0 Å². The highest BCUT2D eigenvalue weighted by atomic mass is 35.5. The molecule has 1 aliphatic heterocycles. The van der Waals surface area contributed by atoms with E-state index in [0.717, 1.165) is 49.5 Å². The first kappa shape index (κ1) is 19.7. The van der Waals surface area contributed by atoms with Crippen molar-refractivity contribution >= 4 is 28.8 Å². The van der Waals surface area contributed by atoms with Crippen LogP contribution in [0.25, 0.3) is 5.65 Å². The van der Waals surface area contributed by atoms with Gasteiger partial charge in [-0.05, 0) is 48.9 Å². The van der Waals surface area contributed by atoms with Gasteiger partial charge in [-0.3, -0.25) is 9.20 Å². The van der Waals surface area contributed by atoms with Gasteiger partial charge in [0, 0.05) is 49.6 Å². The summed E-state index contributed by atoms with van der Waals surface area (Å²) in [6, 6.07) is 9.91. The van der Waals surface area contributed by atoms with E-state index in [2.05, 4.69) is 40.1 Å². The fourth-order valence-corrected chi connectivity index (χ4v) is 4.10. The quantitative estimate of drug-likeness (QED) is 0.700. The topological polar surface area (TPSA) is 52.9 Å². The van der Waals surface area contributed by atoms with E-state index in [1.54, 1.807) is 10.6 Å². The molecule has 1 fully saturated rings. The Hall–Kier alpha value is -2.57. The number of carbonyl (C=O) groups excluding carboxylic acids is 1. The molecule has 1 N–H and O–H groups in total. The Morgan fingerprint density at radius 1 is 1.21 bits per heavy atom. The van der Waals surface area contributed by atoms with Crippen molar-refractivity contribution in [2.75, 3.05) is 38.1 Å². The number of hydrogen-bond donors (Lipinski definition) is 1. The van der Waals surface area contributed by atoms with Crippen molar-refractivity contribution in [1.29, 1.82) is 0 Å². The second-order valence-electron chi connectivity index (χ2n) is 7.46. The van der Waals surface area contributed by atoms with E-state index in [9.17, 15) is 4.79 Å². The molecule has 29 heavy (non-hydrogen) atoms. The summed E-state index contributed by atoms with van der Waals surface area (Å²) in [6.07, 6.45) is 4.30. The molecule has 1 saturated heterocycles. The second kappa shape index (κ2) is 8.43. The summed E-state index contributed by atoms with van der Waals surface area (Å²) in [5.41, 5.74) is 4.58. The molecule has 0 saturated carbocycles. The van der Waals surface area contributed by atoms with Crippen LogP contribution in [0.4, 0.5) is 5.69 Å². The van der Waals surface area contributed by atoms with Gasteiger partial charge in [-0.15, -0.1) is 0 Å². The van der Waals surface area contributed by atoms with Crippen LogP contribution in [0.15, 0.2) is 42.7 Å². The number of amides is 1. The normalized spacial score (nSPS) is 15.1. The molecule has 3 aromatic rings. The number of aromatic nitrogens is 2. The molecule has 1 aliphatic rings. The van der Waals surface area contributed by atoms with E-state index < -0.39 is 0 Å². The number of nitrogens with zero attached hydrogens (tertiary/aromatic N) is 4. The standard InChI is InChI=1S/C22H26ClN5O/c1-3-16-12-17(27-10-8-26(2)9-11-27)13-19(23)18(16)14-25-22(29)20-15-24-21-6-4-5-7-28(20)21/h4-7,12-13,15H,3,8-11,14H2,1-2H3,(H,25,29). The molecular weight excluding hydrogens is 386 g/mol. The smallest absolute Gasteiger partial charge is 0.270 e. The molecule has 4 rings (SSSR count). The third-order valence-corrected chi connectivity index (χ3v) is 5.93. The molecule has 2 aromatic heterocycles. The second-order valence-corrected chi connectivity index (χ2v) is 7.87. The highest BCUT2D eigenvalue weighted by molar-refractivity contribution is 6.31. The van der Waals surface area contributed by atoms with Crippen LogP contribution in [0.3, 0.4) is 0 Å². The third-order valence-electron chi connectivity index (χ3n) is 5.60. The highest BCUT2D eigenvalue weighted by Gasteiger charge is 2.18. The summed E-state index contributed by atoms with van der Waals surface area (Å²) in [5, 5.41) is 3.71. The maximum atomic E-state index is 12.7. The van der Waals surface area contributed by atoms with Gasteiger partial charge in [0.2, 0.25) is 0 Å². The van der Waals surface area contributed by atoms with Gasteiger partial charge in [0.25, 0.3) is 5.91 Å². The zero-order valence-corrected chi connectivity index (χ0v) is 17.6. The number of pyridine rings is 1. The fourth-order valence-electron chi connectivity index (χ4n) is 3.80. The van der Waals surface area contributed by atoms with Crippen molar-refractivity contribution in [2.24, 2.45) is 0 Å². The number of anilines is 1. The maximum absolute atomic E-state index is 12.7. The molecule has 1 aromatic carbocycles. The van der Waals surface area contributed by atoms with E-state index in [1.807, 2.05) is 30.5 Å². The number of halogens is 1. The number of nitrogens with one attached hydrogen (secondary N) is 1. The summed E-state index contributed by atoms with van der Waals surface area (Å²) >= 11 is 6.66. The summed E-state index contributed by atoms with van der Waals surface area (Å²) in [5.74, 6) is -0.162. The number of imidazole rings is 1. The third kappa shape index (κ3) is 4.09. The molecule has 0 aliphatic carbocycles. The summed E-state index contributed by atoms with van der Waals surface area (Å²) < 4.78 is 1.79. The lowest BCUT2D eigenvalue weighted by atomic mass is 10.0. The van der Waals surface area contributed by atoms with E-state index in [4.69, 9.17) is 11.6 Å². The van der Waals surface area contributed by atoms with E-state index in [-0.39, 0.29) is 5.91 Å². The van der Waals surface area contributed by atoms with Gasteiger partial charge < -0.3 is 15.1 Å². The minimum absolute atomic E-state index is 0.162. The van der Waals surface area contributed by atoms with Crippen molar-refractivity contribution in [2.45, 2.75) is 19.9 Å². The number of aryl methyl sites for hydroxylation is 1. The average molecular weight is 412 g/mol. The number of benzene rings is 1. The first-order valence-corrected chi connectivity index (χ1v) is 10.4. The highest BCUT2D eigenvalue weighted by Crippen LogP contribution is 2.29. The minimum Gasteiger partial charge on any atom is -0.369 e. The van der Waals surface area contributed by atoms with Gasteiger partial charge in [0.15, 0.2) is 0 Å². The van der Waals surface area contributed by atoms with Crippen molar-refractivity contribution in [3.05, 3.63) is 64.6 Å². The zero-order chi connectivity index (χ0) is 20.4. The summed E-state index contributed by atoms with van der Waals surface area (Å²) in [4.78, 5) is 21.7. The molecular formula is C22H26ClN5O. The SMILES string of the molecule is CCc1cc(N2CCN(C)CC2)cc(Cl)c1CNC(=O)c1cnc2ccccn12. The molecule has 1 amide bonds. The van der Waals surface area contributed by atoms with Crippen LogP contribution in [0.2, 0.25) is 5.02 Å². The minimum atomic E-state index is -0.162. The molecule has 0 radical (unpaired) electrons. The fraction of sp³-hybridized carbons (Fsp3) is 0.364. The zero-order valence-electron chi connectivity index (χ0n) is 16.9. The summed E-state index contributed by atoms with van der Waals surface area (Å²) in [7, 11) is 2.15. The Balaban J connectivity index is 1.51. The number of carbonyl (C=O) groups is 1. The number of likely N-dealkylation sites (N-methyl/N-ethyl adjacent to an activating group) is 1. The van der Waals surface area contributed by atoms with Crippen LogP contribution in [0.5, 0.6) is 0 Å². The maximum Gasteiger partial charge on any atom is 0.270 e. The van der Waals surface area contributed by atoms with Gasteiger partial charge in [0.05, 0.1) is 6.20 Å². The van der Waals surface area contributed by atoms with E-state index in [1.165, 1.54) is 5.56 Å². The van der Waals surface area contributed by atoms with Crippen LogP contribution in [-0.2, 0) is 13.0 Å². The first-order valence-electron chi connectivity index (χ1n) is 10.0. The number of fused-ring (bicyclic) bond motifs is 1. The molecule has 0 bridgehead atoms. The monoisotopic (exact) mass is 411 g/mol. The van der Waals surface area contributed by atoms with Gasteiger partial charge in [-0.1, -0.05) is 24.6 Å². The Kier molecular flexibility index (Phi) is 5.74. The van der Waals surface area contributed by atoms with Crippen LogP contribution in [-0.4, -0.2) is 53.4 Å². The largest absolute Gasteiger partial charge is 0.369 e. The number of rotatable bonds is 5. The van der Waals surface area contributed by atoms with Crippen LogP contribution in [0.1, 0.15) is 28.5 Å². The predicted octanol–water partition coefficient (Wildman–Crippen LogP) is 3.23. The summed E-state index contributed by atoms with van der Waals surface area (Å²) in [6.45, 7) is 6.62. The Bertz CT molecular complexity index is 1020. The predicted molar refractivity (Wildman–Crippen MR) is 117 cm³/mol.